The molecule has 106 valence electrons. The van der Waals surface area contributed by atoms with Gasteiger partial charge in [-0.3, -0.25) is 4.79 Å². The highest BCUT2D eigenvalue weighted by Gasteiger charge is 2.29. The van der Waals surface area contributed by atoms with Crippen LogP contribution in [-0.2, 0) is 0 Å². The van der Waals surface area contributed by atoms with Gasteiger partial charge in [0.05, 0.1) is 8.66 Å². The Kier molecular flexibility index (Phi) is 4.77. The summed E-state index contributed by atoms with van der Waals surface area (Å²) in [7, 11) is 0. The number of hydrogen-bond acceptors (Lipinski definition) is 3. The van der Waals surface area contributed by atoms with E-state index in [9.17, 15) is 18.0 Å². The second-order valence-corrected chi connectivity index (χ2v) is 7.23. The van der Waals surface area contributed by atoms with Crippen molar-refractivity contribution in [2.45, 2.75) is 10.4 Å². The molecule has 0 saturated carbocycles. The molecule has 0 fully saturated rings. The molecule has 1 heterocycles. The molecule has 1 N–H and O–H groups in total. The number of nitrogens with one attached hydrogen (secondary N) is 1. The van der Waals surface area contributed by atoms with Crippen LogP contribution in [0.4, 0.5) is 18.9 Å². The van der Waals surface area contributed by atoms with Gasteiger partial charge in [-0.05, 0) is 64.1 Å². The van der Waals surface area contributed by atoms with Gasteiger partial charge in [-0.1, -0.05) is 0 Å². The van der Waals surface area contributed by atoms with Crippen LogP contribution in [0, 0.1) is 0 Å². The number of carbonyl (C=O) groups excluding carboxylic acids is 1. The maximum Gasteiger partial charge on any atom is 0.446 e. The average Bonchev–Trinajstić information content (AvgIpc) is 2.77. The number of halogens is 4. The fraction of sp³-hybridized carbons (Fsp3) is 0.0833. The summed E-state index contributed by atoms with van der Waals surface area (Å²) < 4.78 is 37.3. The molecule has 0 atom stereocenters. The van der Waals surface area contributed by atoms with Gasteiger partial charge in [0.25, 0.3) is 5.91 Å². The van der Waals surface area contributed by atoms with Gasteiger partial charge in [0, 0.05) is 10.6 Å². The van der Waals surface area contributed by atoms with Crippen molar-refractivity contribution >= 4 is 50.6 Å². The third kappa shape index (κ3) is 4.53. The summed E-state index contributed by atoms with van der Waals surface area (Å²) in [5, 5.41) is 2.62. The molecule has 2 rings (SSSR count). The standard InChI is InChI=1S/C12H7BrF3NOS2/c13-10-6-5-9(19-10)11(18)17-7-1-3-8(4-2-7)20-12(14,15)16/h1-6H,(H,17,18). The van der Waals surface area contributed by atoms with Crippen LogP contribution in [0.1, 0.15) is 9.67 Å². The Morgan fingerprint density at radius 1 is 1.15 bits per heavy atom. The van der Waals surface area contributed by atoms with Crippen molar-refractivity contribution in [3.05, 3.63) is 45.1 Å². The summed E-state index contributed by atoms with van der Waals surface area (Å²) in [5.41, 5.74) is -3.86. The first-order valence-electron chi connectivity index (χ1n) is 5.26. The van der Waals surface area contributed by atoms with Crippen molar-refractivity contribution in [1.82, 2.24) is 0 Å². The van der Waals surface area contributed by atoms with Crippen LogP contribution in [0.5, 0.6) is 0 Å². The van der Waals surface area contributed by atoms with E-state index < -0.39 is 5.51 Å². The molecule has 1 aromatic carbocycles. The maximum atomic E-state index is 12.2. The predicted molar refractivity (Wildman–Crippen MR) is 78.3 cm³/mol. The molecular weight excluding hydrogens is 375 g/mol. The number of amides is 1. The number of rotatable bonds is 3. The monoisotopic (exact) mass is 381 g/mol. The fourth-order valence-corrected chi connectivity index (χ4v) is 3.19. The molecule has 0 aliphatic carbocycles. The highest BCUT2D eigenvalue weighted by Crippen LogP contribution is 2.37. The Morgan fingerprint density at radius 2 is 1.80 bits per heavy atom. The largest absolute Gasteiger partial charge is 0.446 e. The Hall–Kier alpha value is -0.990. The summed E-state index contributed by atoms with van der Waals surface area (Å²) in [4.78, 5) is 12.4. The summed E-state index contributed by atoms with van der Waals surface area (Å²) >= 11 is 4.34. The van der Waals surface area contributed by atoms with E-state index >= 15 is 0 Å². The van der Waals surface area contributed by atoms with Crippen molar-refractivity contribution in [3.63, 3.8) is 0 Å². The summed E-state index contributed by atoms with van der Waals surface area (Å²) in [5.74, 6) is -0.295. The van der Waals surface area contributed by atoms with Gasteiger partial charge in [-0.25, -0.2) is 0 Å². The number of thioether (sulfide) groups is 1. The minimum atomic E-state index is -4.31. The Bertz CT molecular complexity index is 610. The second-order valence-electron chi connectivity index (χ2n) is 3.63. The molecule has 0 radical (unpaired) electrons. The molecule has 0 spiro atoms. The van der Waals surface area contributed by atoms with Crippen LogP contribution in [-0.4, -0.2) is 11.4 Å². The van der Waals surface area contributed by atoms with Crippen LogP contribution in [0.2, 0.25) is 0 Å². The number of carbonyl (C=O) groups is 1. The Morgan fingerprint density at radius 3 is 2.30 bits per heavy atom. The molecule has 1 aromatic heterocycles. The van der Waals surface area contributed by atoms with E-state index in [2.05, 4.69) is 21.2 Å². The Balaban J connectivity index is 2.02. The van der Waals surface area contributed by atoms with Crippen LogP contribution in [0.3, 0.4) is 0 Å². The van der Waals surface area contributed by atoms with Crippen molar-refractivity contribution in [2.24, 2.45) is 0 Å². The molecule has 20 heavy (non-hydrogen) atoms. The van der Waals surface area contributed by atoms with Crippen LogP contribution < -0.4 is 5.32 Å². The van der Waals surface area contributed by atoms with Crippen LogP contribution >= 0.6 is 39.0 Å². The van der Waals surface area contributed by atoms with Crippen LogP contribution in [0.25, 0.3) is 0 Å². The van der Waals surface area contributed by atoms with E-state index in [0.717, 1.165) is 3.79 Å². The maximum absolute atomic E-state index is 12.2. The van der Waals surface area contributed by atoms with Gasteiger partial charge in [-0.15, -0.1) is 11.3 Å². The van der Waals surface area contributed by atoms with Crippen molar-refractivity contribution in [2.75, 3.05) is 5.32 Å². The van der Waals surface area contributed by atoms with Crippen molar-refractivity contribution < 1.29 is 18.0 Å². The van der Waals surface area contributed by atoms with E-state index in [-0.39, 0.29) is 22.6 Å². The highest BCUT2D eigenvalue weighted by atomic mass is 79.9. The summed E-state index contributed by atoms with van der Waals surface area (Å²) in [6, 6.07) is 8.93. The normalized spacial score (nSPS) is 11.4. The molecule has 0 aliphatic heterocycles. The third-order valence-corrected chi connectivity index (χ3v) is 4.50. The molecule has 2 nitrogen and oxygen atoms in total. The number of hydrogen-bond donors (Lipinski definition) is 1. The zero-order valence-corrected chi connectivity index (χ0v) is 12.9. The SMILES string of the molecule is O=C(Nc1ccc(SC(F)(F)F)cc1)c1ccc(Br)s1. The summed E-state index contributed by atoms with van der Waals surface area (Å²) in [6.07, 6.45) is 0. The second kappa shape index (κ2) is 6.19. The smallest absolute Gasteiger partial charge is 0.321 e. The van der Waals surface area contributed by atoms with E-state index in [1.807, 2.05) is 0 Å². The molecule has 0 saturated heterocycles. The van der Waals surface area contributed by atoms with Gasteiger partial charge in [0.2, 0.25) is 0 Å². The van der Waals surface area contributed by atoms with Gasteiger partial charge >= 0.3 is 5.51 Å². The zero-order valence-electron chi connectivity index (χ0n) is 9.70. The van der Waals surface area contributed by atoms with E-state index in [1.54, 1.807) is 12.1 Å². The highest BCUT2D eigenvalue weighted by molar-refractivity contribution is 9.11. The molecule has 1 amide bonds. The first kappa shape index (κ1) is 15.4. The van der Waals surface area contributed by atoms with E-state index in [0.29, 0.717) is 10.6 Å². The minimum absolute atomic E-state index is 0.0781. The lowest BCUT2D eigenvalue weighted by Gasteiger charge is -2.07. The quantitative estimate of drug-likeness (QED) is 0.723. The van der Waals surface area contributed by atoms with E-state index in [4.69, 9.17) is 0 Å². The fourth-order valence-electron chi connectivity index (χ4n) is 1.37. The molecule has 8 heteroatoms. The first-order valence-corrected chi connectivity index (χ1v) is 7.68. The predicted octanol–water partition coefficient (Wildman–Crippen LogP) is 5.37. The Labute approximate surface area is 129 Å². The van der Waals surface area contributed by atoms with Gasteiger partial charge < -0.3 is 5.32 Å². The molecular formula is C12H7BrF3NOS2. The molecule has 0 aliphatic rings. The van der Waals surface area contributed by atoms with Crippen molar-refractivity contribution in [3.8, 4) is 0 Å². The van der Waals surface area contributed by atoms with Crippen molar-refractivity contribution in [1.29, 1.82) is 0 Å². The summed E-state index contributed by atoms with van der Waals surface area (Å²) in [6.45, 7) is 0. The lowest BCUT2D eigenvalue weighted by Crippen LogP contribution is -2.09. The van der Waals surface area contributed by atoms with E-state index in [1.165, 1.54) is 35.6 Å². The number of alkyl halides is 3. The van der Waals surface area contributed by atoms with Gasteiger partial charge in [0.1, 0.15) is 0 Å². The zero-order chi connectivity index (χ0) is 14.8. The number of thiophene rings is 1. The molecule has 2 aromatic rings. The van der Waals surface area contributed by atoms with Gasteiger partial charge in [0.15, 0.2) is 0 Å². The van der Waals surface area contributed by atoms with Gasteiger partial charge in [-0.2, -0.15) is 13.2 Å². The van der Waals surface area contributed by atoms with Crippen LogP contribution in [0.15, 0.2) is 45.1 Å². The molecule has 0 bridgehead atoms. The number of benzene rings is 1. The minimum Gasteiger partial charge on any atom is -0.321 e. The third-order valence-electron chi connectivity index (χ3n) is 2.14. The topological polar surface area (TPSA) is 29.1 Å². The lowest BCUT2D eigenvalue weighted by molar-refractivity contribution is -0.0328. The average molecular weight is 382 g/mol. The molecule has 0 unspecified atom stereocenters. The lowest BCUT2D eigenvalue weighted by atomic mass is 10.3. The number of anilines is 1. The first-order chi connectivity index (χ1) is 9.33.